The van der Waals surface area contributed by atoms with Gasteiger partial charge in [0, 0.05) is 44.5 Å². The molecular formula is C20H33N5. The first kappa shape index (κ1) is 18.1. The second-order valence-corrected chi connectivity index (χ2v) is 7.37. The summed E-state index contributed by atoms with van der Waals surface area (Å²) in [5.74, 6) is 1.93. The van der Waals surface area contributed by atoms with Crippen LogP contribution in [-0.4, -0.2) is 75.2 Å². The topological polar surface area (TPSA) is 34.1 Å². The van der Waals surface area contributed by atoms with Gasteiger partial charge in [-0.05, 0) is 51.9 Å². The SMILES string of the molecule is CCNC(=NCC(C1CC1)N(C)C)N1CCN(c2ccccc2)CC1. The maximum atomic E-state index is 4.99. The Morgan fingerprint density at radius 1 is 1.16 bits per heavy atom. The van der Waals surface area contributed by atoms with E-state index in [1.54, 1.807) is 0 Å². The highest BCUT2D eigenvalue weighted by Gasteiger charge is 2.32. The smallest absolute Gasteiger partial charge is 0.194 e. The minimum atomic E-state index is 0.583. The van der Waals surface area contributed by atoms with Gasteiger partial charge in [-0.1, -0.05) is 18.2 Å². The average molecular weight is 344 g/mol. The lowest BCUT2D eigenvalue weighted by molar-refractivity contribution is 0.269. The molecule has 1 saturated heterocycles. The molecule has 1 aromatic carbocycles. The number of hydrogen-bond donors (Lipinski definition) is 1. The lowest BCUT2D eigenvalue weighted by Crippen LogP contribution is -2.53. The zero-order valence-corrected chi connectivity index (χ0v) is 16.0. The minimum absolute atomic E-state index is 0.583. The molecule has 0 aromatic heterocycles. The molecule has 0 bridgehead atoms. The van der Waals surface area contributed by atoms with E-state index in [0.717, 1.165) is 51.1 Å². The number of rotatable bonds is 6. The van der Waals surface area contributed by atoms with Crippen LogP contribution in [0.15, 0.2) is 35.3 Å². The fourth-order valence-corrected chi connectivity index (χ4v) is 3.64. The van der Waals surface area contributed by atoms with Crippen molar-refractivity contribution < 1.29 is 0 Å². The number of guanidine groups is 1. The molecule has 0 radical (unpaired) electrons. The molecular weight excluding hydrogens is 310 g/mol. The summed E-state index contributed by atoms with van der Waals surface area (Å²) < 4.78 is 0. The van der Waals surface area contributed by atoms with Crippen molar-refractivity contribution in [1.29, 1.82) is 0 Å². The Bertz CT molecular complexity index is 542. The van der Waals surface area contributed by atoms with E-state index in [9.17, 15) is 0 Å². The predicted octanol–water partition coefficient (Wildman–Crippen LogP) is 2.11. The standard InChI is InChI=1S/C20H33N5/c1-4-21-20(22-16-19(23(2)3)17-10-11-17)25-14-12-24(13-15-25)18-8-6-5-7-9-18/h5-9,17,19H,4,10-16H2,1-3H3,(H,21,22). The molecule has 1 aromatic rings. The molecule has 1 atom stereocenters. The van der Waals surface area contributed by atoms with Crippen molar-refractivity contribution in [3.05, 3.63) is 30.3 Å². The monoisotopic (exact) mass is 343 g/mol. The third kappa shape index (κ3) is 4.88. The first-order valence-electron chi connectivity index (χ1n) is 9.68. The van der Waals surface area contributed by atoms with E-state index < -0.39 is 0 Å². The quantitative estimate of drug-likeness (QED) is 0.634. The number of nitrogens with one attached hydrogen (secondary N) is 1. The fraction of sp³-hybridized carbons (Fsp3) is 0.650. The maximum absolute atomic E-state index is 4.99. The van der Waals surface area contributed by atoms with Gasteiger partial charge >= 0.3 is 0 Å². The van der Waals surface area contributed by atoms with Gasteiger partial charge in [-0.3, -0.25) is 4.99 Å². The van der Waals surface area contributed by atoms with Crippen LogP contribution in [0.2, 0.25) is 0 Å². The Hall–Kier alpha value is -1.75. The highest BCUT2D eigenvalue weighted by Crippen LogP contribution is 2.34. The van der Waals surface area contributed by atoms with E-state index in [1.165, 1.54) is 18.5 Å². The van der Waals surface area contributed by atoms with Crippen molar-refractivity contribution in [3.63, 3.8) is 0 Å². The molecule has 1 N–H and O–H groups in total. The summed E-state index contributed by atoms with van der Waals surface area (Å²) >= 11 is 0. The molecule has 1 aliphatic heterocycles. The lowest BCUT2D eigenvalue weighted by atomic mass is 10.2. The van der Waals surface area contributed by atoms with E-state index in [0.29, 0.717) is 6.04 Å². The van der Waals surface area contributed by atoms with Crippen molar-refractivity contribution in [1.82, 2.24) is 15.1 Å². The molecule has 138 valence electrons. The van der Waals surface area contributed by atoms with Gasteiger partial charge in [0.05, 0.1) is 6.54 Å². The number of likely N-dealkylation sites (N-methyl/N-ethyl adjacent to an activating group) is 1. The molecule has 1 heterocycles. The molecule has 0 spiro atoms. The van der Waals surface area contributed by atoms with Crippen molar-refractivity contribution in [2.24, 2.45) is 10.9 Å². The number of benzene rings is 1. The lowest BCUT2D eigenvalue weighted by Gasteiger charge is -2.38. The van der Waals surface area contributed by atoms with E-state index in [-0.39, 0.29) is 0 Å². The van der Waals surface area contributed by atoms with Gasteiger partial charge in [0.1, 0.15) is 0 Å². The normalized spacial score (nSPS) is 20.1. The largest absolute Gasteiger partial charge is 0.368 e. The van der Waals surface area contributed by atoms with Gasteiger partial charge in [-0.2, -0.15) is 0 Å². The van der Waals surface area contributed by atoms with Crippen LogP contribution in [0.25, 0.3) is 0 Å². The molecule has 1 unspecified atom stereocenters. The zero-order valence-electron chi connectivity index (χ0n) is 16.0. The second kappa shape index (κ2) is 8.56. The Morgan fingerprint density at radius 2 is 1.84 bits per heavy atom. The van der Waals surface area contributed by atoms with Crippen LogP contribution in [0.5, 0.6) is 0 Å². The number of aliphatic imine (C=N–C) groups is 1. The summed E-state index contributed by atoms with van der Waals surface area (Å²) in [6.45, 7) is 8.13. The number of para-hydroxylation sites is 1. The minimum Gasteiger partial charge on any atom is -0.368 e. The van der Waals surface area contributed by atoms with Gasteiger partial charge < -0.3 is 20.0 Å². The first-order chi connectivity index (χ1) is 12.2. The summed E-state index contributed by atoms with van der Waals surface area (Å²) in [7, 11) is 4.37. The van der Waals surface area contributed by atoms with Gasteiger partial charge in [0.2, 0.25) is 0 Å². The van der Waals surface area contributed by atoms with E-state index in [1.807, 2.05) is 0 Å². The average Bonchev–Trinajstić information content (AvgIpc) is 3.47. The van der Waals surface area contributed by atoms with E-state index in [4.69, 9.17) is 4.99 Å². The summed E-state index contributed by atoms with van der Waals surface area (Å²) in [6, 6.07) is 11.3. The number of hydrogen-bond acceptors (Lipinski definition) is 3. The van der Waals surface area contributed by atoms with Gasteiger partial charge in [-0.15, -0.1) is 0 Å². The Kier molecular flexibility index (Phi) is 6.19. The second-order valence-electron chi connectivity index (χ2n) is 7.37. The molecule has 1 aliphatic carbocycles. The molecule has 2 aliphatic rings. The van der Waals surface area contributed by atoms with E-state index >= 15 is 0 Å². The van der Waals surface area contributed by atoms with Gasteiger partial charge in [0.15, 0.2) is 5.96 Å². The fourth-order valence-electron chi connectivity index (χ4n) is 3.64. The Morgan fingerprint density at radius 3 is 2.40 bits per heavy atom. The molecule has 25 heavy (non-hydrogen) atoms. The highest BCUT2D eigenvalue weighted by molar-refractivity contribution is 5.80. The van der Waals surface area contributed by atoms with Crippen molar-refractivity contribution in [2.45, 2.75) is 25.8 Å². The number of nitrogens with zero attached hydrogens (tertiary/aromatic N) is 4. The van der Waals surface area contributed by atoms with Crippen molar-refractivity contribution in [2.75, 3.05) is 58.3 Å². The van der Waals surface area contributed by atoms with Crippen LogP contribution in [0.3, 0.4) is 0 Å². The van der Waals surface area contributed by atoms with Crippen LogP contribution in [0, 0.1) is 5.92 Å². The maximum Gasteiger partial charge on any atom is 0.194 e. The number of piperazine rings is 1. The molecule has 2 fully saturated rings. The van der Waals surface area contributed by atoms with Crippen LogP contribution >= 0.6 is 0 Å². The van der Waals surface area contributed by atoms with Gasteiger partial charge in [0.25, 0.3) is 0 Å². The predicted molar refractivity (Wildman–Crippen MR) is 106 cm³/mol. The number of anilines is 1. The molecule has 5 nitrogen and oxygen atoms in total. The Labute approximate surface area is 152 Å². The summed E-state index contributed by atoms with van der Waals surface area (Å²) in [5.41, 5.74) is 1.32. The Balaban J connectivity index is 1.58. The first-order valence-corrected chi connectivity index (χ1v) is 9.68. The van der Waals surface area contributed by atoms with Gasteiger partial charge in [-0.25, -0.2) is 0 Å². The van der Waals surface area contributed by atoms with Crippen LogP contribution < -0.4 is 10.2 Å². The van der Waals surface area contributed by atoms with Crippen molar-refractivity contribution in [3.8, 4) is 0 Å². The van der Waals surface area contributed by atoms with E-state index in [2.05, 4.69) is 71.4 Å². The summed E-state index contributed by atoms with van der Waals surface area (Å²) in [6.07, 6.45) is 2.73. The van der Waals surface area contributed by atoms with Crippen LogP contribution in [0.1, 0.15) is 19.8 Å². The zero-order chi connectivity index (χ0) is 17.6. The third-order valence-corrected chi connectivity index (χ3v) is 5.29. The van der Waals surface area contributed by atoms with Crippen LogP contribution in [0.4, 0.5) is 5.69 Å². The summed E-state index contributed by atoms with van der Waals surface area (Å²) in [4.78, 5) is 12.2. The van der Waals surface area contributed by atoms with Crippen LogP contribution in [-0.2, 0) is 0 Å². The summed E-state index contributed by atoms with van der Waals surface area (Å²) in [5, 5.41) is 3.50. The highest BCUT2D eigenvalue weighted by atomic mass is 15.3. The van der Waals surface area contributed by atoms with Crippen molar-refractivity contribution >= 4 is 11.6 Å². The molecule has 3 rings (SSSR count). The molecule has 0 amide bonds. The third-order valence-electron chi connectivity index (χ3n) is 5.29. The molecule has 5 heteroatoms. The molecule has 1 saturated carbocycles.